The lowest BCUT2D eigenvalue weighted by Gasteiger charge is -2.27. The third-order valence-corrected chi connectivity index (χ3v) is 4.97. The minimum atomic E-state index is -0.396. The lowest BCUT2D eigenvalue weighted by molar-refractivity contribution is -0.123. The van der Waals surface area contributed by atoms with E-state index in [4.69, 9.17) is 5.73 Å². The molecule has 0 saturated heterocycles. The average Bonchev–Trinajstić information content (AvgIpc) is 2.59. The summed E-state index contributed by atoms with van der Waals surface area (Å²) >= 11 is 0. The molecule has 0 unspecified atom stereocenters. The van der Waals surface area contributed by atoms with Crippen molar-refractivity contribution in [1.82, 2.24) is 10.3 Å². The van der Waals surface area contributed by atoms with Crippen LogP contribution in [0.4, 0.5) is 5.69 Å². The van der Waals surface area contributed by atoms with Crippen molar-refractivity contribution in [3.63, 3.8) is 0 Å². The van der Waals surface area contributed by atoms with Gasteiger partial charge in [-0.1, -0.05) is 46.0 Å². The first-order valence-electron chi connectivity index (χ1n) is 9.26. The Morgan fingerprint density at radius 1 is 1.33 bits per heavy atom. The Hall–Kier alpha value is -1.62. The van der Waals surface area contributed by atoms with Crippen molar-refractivity contribution in [2.45, 2.75) is 64.5 Å². The summed E-state index contributed by atoms with van der Waals surface area (Å²) in [5.41, 5.74) is 7.12. The predicted octanol–water partition coefficient (Wildman–Crippen LogP) is 2.93. The highest BCUT2D eigenvalue weighted by molar-refractivity contribution is 5.81. The van der Waals surface area contributed by atoms with E-state index >= 15 is 0 Å². The van der Waals surface area contributed by atoms with Crippen LogP contribution in [0.25, 0.3) is 0 Å². The number of hydrogen-bond donors (Lipinski definition) is 3. The summed E-state index contributed by atoms with van der Waals surface area (Å²) < 4.78 is 0. The molecule has 0 radical (unpaired) electrons. The van der Waals surface area contributed by atoms with Crippen LogP contribution in [0.1, 0.15) is 52.4 Å². The van der Waals surface area contributed by atoms with Crippen LogP contribution in [0.3, 0.4) is 0 Å². The second-order valence-electron chi connectivity index (χ2n) is 7.33. The lowest BCUT2D eigenvalue weighted by Crippen LogP contribution is -2.50. The van der Waals surface area contributed by atoms with Crippen LogP contribution in [0, 0.1) is 11.8 Å². The molecule has 1 aromatic heterocycles. The summed E-state index contributed by atoms with van der Waals surface area (Å²) in [6.07, 6.45) is 10.7. The van der Waals surface area contributed by atoms with Crippen molar-refractivity contribution in [3.05, 3.63) is 24.5 Å². The van der Waals surface area contributed by atoms with Crippen molar-refractivity contribution >= 4 is 11.6 Å². The molecule has 1 saturated carbocycles. The number of carbonyl (C=O) groups excluding carboxylic acids is 1. The molecule has 0 aliphatic heterocycles. The monoisotopic (exact) mass is 332 g/mol. The second kappa shape index (κ2) is 9.62. The lowest BCUT2D eigenvalue weighted by atomic mass is 9.85. The molecular formula is C19H32N4O. The van der Waals surface area contributed by atoms with Gasteiger partial charge in [-0.25, -0.2) is 0 Å². The second-order valence-corrected chi connectivity index (χ2v) is 7.33. The smallest absolute Gasteiger partial charge is 0.237 e. The SMILES string of the molecule is CC(C)[C@@H](CNc1cccnc1)NC(=O)[C@@H](N)CC1CCCCC1. The Morgan fingerprint density at radius 3 is 2.71 bits per heavy atom. The fourth-order valence-corrected chi connectivity index (χ4v) is 3.33. The number of carbonyl (C=O) groups is 1. The van der Waals surface area contributed by atoms with E-state index in [0.29, 0.717) is 18.4 Å². The van der Waals surface area contributed by atoms with Crippen LogP contribution in [-0.4, -0.2) is 29.5 Å². The van der Waals surface area contributed by atoms with Gasteiger partial charge in [0, 0.05) is 25.0 Å². The molecule has 1 aromatic rings. The quantitative estimate of drug-likeness (QED) is 0.684. The molecule has 1 aliphatic rings. The molecule has 1 fully saturated rings. The van der Waals surface area contributed by atoms with Gasteiger partial charge < -0.3 is 16.4 Å². The maximum atomic E-state index is 12.5. The molecule has 2 rings (SSSR count). The molecule has 24 heavy (non-hydrogen) atoms. The van der Waals surface area contributed by atoms with Crippen LogP contribution in [0.2, 0.25) is 0 Å². The third-order valence-electron chi connectivity index (χ3n) is 4.97. The number of amides is 1. The number of nitrogens with zero attached hydrogens (tertiary/aromatic N) is 1. The van der Waals surface area contributed by atoms with Crippen LogP contribution in [0.5, 0.6) is 0 Å². The number of pyridine rings is 1. The number of aromatic nitrogens is 1. The van der Waals surface area contributed by atoms with E-state index in [2.05, 4.69) is 29.5 Å². The van der Waals surface area contributed by atoms with Gasteiger partial charge in [0.2, 0.25) is 5.91 Å². The van der Waals surface area contributed by atoms with Gasteiger partial charge in [-0.3, -0.25) is 9.78 Å². The maximum absolute atomic E-state index is 12.5. The molecule has 2 atom stereocenters. The molecule has 5 nitrogen and oxygen atoms in total. The molecule has 1 aliphatic carbocycles. The van der Waals surface area contributed by atoms with Gasteiger partial charge in [-0.15, -0.1) is 0 Å². The first kappa shape index (κ1) is 18.7. The van der Waals surface area contributed by atoms with Gasteiger partial charge in [-0.05, 0) is 30.4 Å². The van der Waals surface area contributed by atoms with E-state index in [1.165, 1.54) is 32.1 Å². The fraction of sp³-hybridized carbons (Fsp3) is 0.684. The van der Waals surface area contributed by atoms with Gasteiger partial charge in [0.1, 0.15) is 0 Å². The Bertz CT molecular complexity index is 485. The molecule has 0 aromatic carbocycles. The van der Waals surface area contributed by atoms with Gasteiger partial charge in [0.25, 0.3) is 0 Å². The van der Waals surface area contributed by atoms with Gasteiger partial charge >= 0.3 is 0 Å². The van der Waals surface area contributed by atoms with E-state index < -0.39 is 6.04 Å². The Morgan fingerprint density at radius 2 is 2.08 bits per heavy atom. The highest BCUT2D eigenvalue weighted by atomic mass is 16.2. The van der Waals surface area contributed by atoms with Crippen molar-refractivity contribution in [2.24, 2.45) is 17.6 Å². The molecule has 5 heteroatoms. The first-order chi connectivity index (χ1) is 11.6. The minimum Gasteiger partial charge on any atom is -0.382 e. The summed E-state index contributed by atoms with van der Waals surface area (Å²) in [7, 11) is 0. The minimum absolute atomic E-state index is 0.0211. The van der Waals surface area contributed by atoms with Crippen molar-refractivity contribution in [1.29, 1.82) is 0 Å². The Labute approximate surface area is 145 Å². The molecular weight excluding hydrogens is 300 g/mol. The van der Waals surface area contributed by atoms with E-state index in [1.54, 1.807) is 12.4 Å². The van der Waals surface area contributed by atoms with Crippen molar-refractivity contribution < 1.29 is 4.79 Å². The molecule has 0 bridgehead atoms. The van der Waals surface area contributed by atoms with Crippen LogP contribution in [0.15, 0.2) is 24.5 Å². The maximum Gasteiger partial charge on any atom is 0.237 e. The Kier molecular flexibility index (Phi) is 7.50. The standard InChI is InChI=1S/C19H32N4O/c1-14(2)18(13-22-16-9-6-10-21-12-16)23-19(24)17(20)11-15-7-4-3-5-8-15/h6,9-10,12,14-15,17-18,22H,3-5,7-8,11,13,20H2,1-2H3,(H,23,24)/t17-,18+/m0/s1. The predicted molar refractivity (Wildman–Crippen MR) is 98.7 cm³/mol. The highest BCUT2D eigenvalue weighted by Gasteiger charge is 2.24. The van der Waals surface area contributed by atoms with E-state index in [1.807, 2.05) is 12.1 Å². The average molecular weight is 332 g/mol. The molecule has 4 N–H and O–H groups in total. The summed E-state index contributed by atoms with van der Waals surface area (Å²) in [4.78, 5) is 16.6. The van der Waals surface area contributed by atoms with Crippen LogP contribution < -0.4 is 16.4 Å². The molecule has 1 amide bonds. The van der Waals surface area contributed by atoms with Gasteiger partial charge in [0.15, 0.2) is 0 Å². The largest absolute Gasteiger partial charge is 0.382 e. The number of rotatable bonds is 8. The highest BCUT2D eigenvalue weighted by Crippen LogP contribution is 2.27. The van der Waals surface area contributed by atoms with Crippen molar-refractivity contribution in [3.8, 4) is 0 Å². The topological polar surface area (TPSA) is 80.0 Å². The number of hydrogen-bond acceptors (Lipinski definition) is 4. The summed E-state index contributed by atoms with van der Waals surface area (Å²) in [6.45, 7) is 4.90. The summed E-state index contributed by atoms with van der Waals surface area (Å²) in [6, 6.07) is 3.52. The molecule has 0 spiro atoms. The zero-order valence-corrected chi connectivity index (χ0v) is 15.0. The van der Waals surface area contributed by atoms with Crippen molar-refractivity contribution in [2.75, 3.05) is 11.9 Å². The van der Waals surface area contributed by atoms with Gasteiger partial charge in [-0.2, -0.15) is 0 Å². The van der Waals surface area contributed by atoms with Crippen LogP contribution in [-0.2, 0) is 4.79 Å². The van der Waals surface area contributed by atoms with E-state index in [0.717, 1.165) is 12.1 Å². The summed E-state index contributed by atoms with van der Waals surface area (Å²) in [5, 5.41) is 6.46. The summed E-state index contributed by atoms with van der Waals surface area (Å²) in [5.74, 6) is 0.929. The zero-order valence-electron chi connectivity index (χ0n) is 15.0. The third kappa shape index (κ3) is 6.11. The van der Waals surface area contributed by atoms with E-state index in [9.17, 15) is 4.79 Å². The fourth-order valence-electron chi connectivity index (χ4n) is 3.33. The van der Waals surface area contributed by atoms with Gasteiger partial charge in [0.05, 0.1) is 11.7 Å². The normalized spacial score (nSPS) is 18.2. The number of anilines is 1. The number of nitrogens with two attached hydrogens (primary N) is 1. The van der Waals surface area contributed by atoms with Crippen LogP contribution >= 0.6 is 0 Å². The zero-order chi connectivity index (χ0) is 17.4. The first-order valence-corrected chi connectivity index (χ1v) is 9.26. The molecule has 1 heterocycles. The Balaban J connectivity index is 1.81. The molecule has 134 valence electrons. The van der Waals surface area contributed by atoms with E-state index in [-0.39, 0.29) is 11.9 Å². The number of nitrogens with one attached hydrogen (secondary N) is 2.